The van der Waals surface area contributed by atoms with Crippen LogP contribution in [-0.2, 0) is 11.3 Å². The van der Waals surface area contributed by atoms with Crippen molar-refractivity contribution < 1.29 is 14.4 Å². The van der Waals surface area contributed by atoms with Gasteiger partial charge >= 0.3 is 5.97 Å². The fourth-order valence-corrected chi connectivity index (χ4v) is 4.36. The fraction of sp³-hybridized carbons (Fsp3) is 0.850. The summed E-state index contributed by atoms with van der Waals surface area (Å²) in [5.41, 5.74) is 0. The number of aliphatic carboxylic acids is 1. The molecule has 0 bridgehead atoms. The van der Waals surface area contributed by atoms with Crippen molar-refractivity contribution in [2.75, 3.05) is 33.2 Å². The molecule has 0 aromatic carbocycles. The van der Waals surface area contributed by atoms with E-state index < -0.39 is 5.97 Å². The molecular weight excluding hydrogens is 344 g/mol. The first-order valence-electron chi connectivity index (χ1n) is 10.6. The molecule has 7 heteroatoms. The zero-order valence-corrected chi connectivity index (χ0v) is 16.6. The molecule has 0 spiro atoms. The number of likely N-dealkylation sites (N-methyl/N-ethyl adjacent to an activating group) is 1. The maximum absolute atomic E-state index is 11.3. The average molecular weight is 379 g/mol. The Morgan fingerprint density at radius 1 is 1.22 bits per heavy atom. The normalized spacial score (nSPS) is 21.4. The average Bonchev–Trinajstić information content (AvgIpc) is 3.12. The summed E-state index contributed by atoms with van der Waals surface area (Å²) in [5, 5.41) is 13.4. The van der Waals surface area contributed by atoms with Crippen molar-refractivity contribution in [2.24, 2.45) is 5.92 Å². The van der Waals surface area contributed by atoms with E-state index in [1.54, 1.807) is 0 Å². The van der Waals surface area contributed by atoms with Crippen molar-refractivity contribution in [3.05, 3.63) is 11.7 Å². The van der Waals surface area contributed by atoms with Gasteiger partial charge in [-0.15, -0.1) is 0 Å². The Hall–Kier alpha value is -1.47. The largest absolute Gasteiger partial charge is 0.481 e. The van der Waals surface area contributed by atoms with Crippen molar-refractivity contribution in [2.45, 2.75) is 70.3 Å². The van der Waals surface area contributed by atoms with Crippen LogP contribution in [0.15, 0.2) is 4.52 Å². The molecule has 0 radical (unpaired) electrons. The van der Waals surface area contributed by atoms with Gasteiger partial charge in [0.2, 0.25) is 5.89 Å². The lowest BCUT2D eigenvalue weighted by molar-refractivity contribution is -0.137. The number of hydrogen-bond donors (Lipinski definition) is 1. The Balaban J connectivity index is 1.51. The molecule has 1 aromatic rings. The summed E-state index contributed by atoms with van der Waals surface area (Å²) in [6.45, 7) is 4.78. The van der Waals surface area contributed by atoms with Crippen LogP contribution in [0.1, 0.15) is 75.4 Å². The smallest absolute Gasteiger partial charge is 0.304 e. The predicted molar refractivity (Wildman–Crippen MR) is 102 cm³/mol. The quantitative estimate of drug-likeness (QED) is 0.707. The number of nitrogens with zero attached hydrogens (tertiary/aromatic N) is 4. The first kappa shape index (κ1) is 20.3. The van der Waals surface area contributed by atoms with E-state index >= 15 is 0 Å². The molecule has 1 saturated heterocycles. The predicted octanol–water partition coefficient (Wildman–Crippen LogP) is 3.13. The lowest BCUT2D eigenvalue weighted by atomic mass is 9.84. The summed E-state index contributed by atoms with van der Waals surface area (Å²) in [6.07, 6.45) is 9.86. The van der Waals surface area contributed by atoms with Gasteiger partial charge in [-0.1, -0.05) is 50.1 Å². The summed E-state index contributed by atoms with van der Waals surface area (Å²) < 4.78 is 5.47. The van der Waals surface area contributed by atoms with Crippen molar-refractivity contribution >= 4 is 5.97 Å². The zero-order chi connectivity index (χ0) is 19.1. The molecule has 1 aromatic heterocycles. The number of carbonyl (C=O) groups is 1. The van der Waals surface area contributed by atoms with E-state index in [9.17, 15) is 9.90 Å². The van der Waals surface area contributed by atoms with Gasteiger partial charge in [0.1, 0.15) is 0 Å². The molecule has 1 atom stereocenters. The van der Waals surface area contributed by atoms with Crippen LogP contribution in [0.4, 0.5) is 0 Å². The molecule has 7 nitrogen and oxygen atoms in total. The molecule has 0 amide bonds. The third kappa shape index (κ3) is 6.57. The molecule has 2 fully saturated rings. The summed E-state index contributed by atoms with van der Waals surface area (Å²) in [7, 11) is 2.13. The van der Waals surface area contributed by atoms with Crippen LogP contribution < -0.4 is 0 Å². The monoisotopic (exact) mass is 378 g/mol. The van der Waals surface area contributed by atoms with Crippen LogP contribution in [0.3, 0.4) is 0 Å². The van der Waals surface area contributed by atoms with E-state index in [4.69, 9.17) is 4.52 Å². The Morgan fingerprint density at radius 2 is 1.96 bits per heavy atom. The third-order valence-corrected chi connectivity index (χ3v) is 6.10. The first-order chi connectivity index (χ1) is 13.1. The van der Waals surface area contributed by atoms with Crippen molar-refractivity contribution in [1.82, 2.24) is 19.9 Å². The topological polar surface area (TPSA) is 82.7 Å². The van der Waals surface area contributed by atoms with E-state index in [0.717, 1.165) is 44.9 Å². The number of aromatic nitrogens is 2. The Bertz CT molecular complexity index is 578. The van der Waals surface area contributed by atoms with Gasteiger partial charge < -0.3 is 14.5 Å². The lowest BCUT2D eigenvalue weighted by Crippen LogP contribution is -2.44. The van der Waals surface area contributed by atoms with Crippen LogP contribution in [-0.4, -0.2) is 64.2 Å². The van der Waals surface area contributed by atoms with E-state index in [-0.39, 0.29) is 12.3 Å². The van der Waals surface area contributed by atoms with E-state index in [0.29, 0.717) is 18.3 Å². The highest BCUT2D eigenvalue weighted by Gasteiger charge is 2.24. The van der Waals surface area contributed by atoms with Crippen LogP contribution in [0.5, 0.6) is 0 Å². The van der Waals surface area contributed by atoms with Crippen molar-refractivity contribution in [3.63, 3.8) is 0 Å². The Kier molecular flexibility index (Phi) is 7.64. The second kappa shape index (κ2) is 10.2. The molecular formula is C20H34N4O3. The molecule has 1 saturated carbocycles. The molecule has 152 valence electrons. The number of carboxylic acid groups (broad SMARTS) is 1. The minimum Gasteiger partial charge on any atom is -0.481 e. The van der Waals surface area contributed by atoms with Crippen LogP contribution >= 0.6 is 0 Å². The minimum absolute atomic E-state index is 0.0702. The van der Waals surface area contributed by atoms with Gasteiger partial charge in [0.15, 0.2) is 5.82 Å². The van der Waals surface area contributed by atoms with Gasteiger partial charge in [-0.3, -0.25) is 9.69 Å². The number of carboxylic acids is 1. The molecule has 27 heavy (non-hydrogen) atoms. The van der Waals surface area contributed by atoms with E-state index in [2.05, 4.69) is 27.0 Å². The fourth-order valence-electron chi connectivity index (χ4n) is 4.36. The molecule has 2 heterocycles. The summed E-state index contributed by atoms with van der Waals surface area (Å²) in [6, 6.07) is 0. The second-order valence-electron chi connectivity index (χ2n) is 8.36. The highest BCUT2D eigenvalue weighted by Crippen LogP contribution is 2.31. The van der Waals surface area contributed by atoms with E-state index in [1.165, 1.54) is 38.5 Å². The van der Waals surface area contributed by atoms with Gasteiger partial charge in [0, 0.05) is 32.1 Å². The zero-order valence-electron chi connectivity index (χ0n) is 16.6. The van der Waals surface area contributed by atoms with Gasteiger partial charge in [-0.2, -0.15) is 4.98 Å². The lowest BCUT2D eigenvalue weighted by Gasteiger charge is -2.31. The third-order valence-electron chi connectivity index (χ3n) is 6.10. The molecule has 1 aliphatic heterocycles. The van der Waals surface area contributed by atoms with Crippen molar-refractivity contribution in [1.29, 1.82) is 0 Å². The van der Waals surface area contributed by atoms with Gasteiger partial charge in [0.05, 0.1) is 13.0 Å². The highest BCUT2D eigenvalue weighted by molar-refractivity contribution is 5.67. The number of rotatable bonds is 9. The molecule has 1 aliphatic carbocycles. The standard InChI is InChI=1S/C20H34N4O3/c1-23-10-12-24(13-11-23)15-18-21-20(27-22-18)17(14-19(25)26)9-5-8-16-6-3-2-4-7-16/h16-17H,2-15H2,1H3,(H,25,26)/t17-/m1/s1. The summed E-state index contributed by atoms with van der Waals surface area (Å²) >= 11 is 0. The Morgan fingerprint density at radius 3 is 2.67 bits per heavy atom. The Labute approximate surface area is 162 Å². The first-order valence-corrected chi connectivity index (χ1v) is 10.6. The number of hydrogen-bond acceptors (Lipinski definition) is 6. The summed E-state index contributed by atoms with van der Waals surface area (Å²) in [4.78, 5) is 20.5. The van der Waals surface area contributed by atoms with Crippen LogP contribution in [0.25, 0.3) is 0 Å². The molecule has 1 N–H and O–H groups in total. The SMILES string of the molecule is CN1CCN(Cc2noc([C@H](CCCC3CCCCC3)CC(=O)O)n2)CC1. The maximum Gasteiger partial charge on any atom is 0.304 e. The van der Waals surface area contributed by atoms with Crippen LogP contribution in [0, 0.1) is 5.92 Å². The summed E-state index contributed by atoms with van der Waals surface area (Å²) in [5.74, 6) is 1.04. The number of piperazine rings is 1. The highest BCUT2D eigenvalue weighted by atomic mass is 16.5. The molecule has 0 unspecified atom stereocenters. The van der Waals surface area contributed by atoms with Crippen LogP contribution in [0.2, 0.25) is 0 Å². The van der Waals surface area contributed by atoms with Crippen molar-refractivity contribution in [3.8, 4) is 0 Å². The minimum atomic E-state index is -0.795. The molecule has 2 aliphatic rings. The maximum atomic E-state index is 11.3. The second-order valence-corrected chi connectivity index (χ2v) is 8.36. The van der Waals surface area contributed by atoms with Gasteiger partial charge in [0.25, 0.3) is 0 Å². The van der Waals surface area contributed by atoms with Gasteiger partial charge in [-0.05, 0) is 19.4 Å². The van der Waals surface area contributed by atoms with Gasteiger partial charge in [-0.25, -0.2) is 0 Å². The van der Waals surface area contributed by atoms with E-state index in [1.807, 2.05) is 0 Å². The molecule has 3 rings (SSSR count).